The summed E-state index contributed by atoms with van der Waals surface area (Å²) < 4.78 is 0. The topological polar surface area (TPSA) is 41.1 Å². The zero-order valence-corrected chi connectivity index (χ0v) is 9.79. The first-order valence-corrected chi connectivity index (χ1v) is 6.12. The molecule has 2 N–H and O–H groups in total. The quantitative estimate of drug-likeness (QED) is 0.674. The van der Waals surface area contributed by atoms with Gasteiger partial charge in [-0.05, 0) is 28.5 Å². The summed E-state index contributed by atoms with van der Waals surface area (Å²) in [4.78, 5) is 11.6. The highest BCUT2D eigenvalue weighted by Crippen LogP contribution is 2.21. The lowest BCUT2D eigenvalue weighted by Gasteiger charge is -2.18. The molecule has 1 aliphatic carbocycles. The number of nitrogens with one attached hydrogen (secondary N) is 2. The highest BCUT2D eigenvalue weighted by molar-refractivity contribution is 6.06. The van der Waals surface area contributed by atoms with E-state index >= 15 is 0 Å². The van der Waals surface area contributed by atoms with E-state index in [0.717, 1.165) is 28.6 Å². The maximum Gasteiger partial charge on any atom is 0.253 e. The standard InChI is InChI=1S/C15H12N2O/c18-15-12-7-10-6-5-9-3-1-2-4-11(9)14(10)17-13(12)8-16-15/h1-3,5-7,17H,4,8H2,(H,16,18). The smallest absolute Gasteiger partial charge is 0.253 e. The van der Waals surface area contributed by atoms with Gasteiger partial charge in [0, 0.05) is 11.4 Å². The van der Waals surface area contributed by atoms with Crippen molar-refractivity contribution < 1.29 is 4.79 Å². The van der Waals surface area contributed by atoms with Crippen molar-refractivity contribution in [3.63, 3.8) is 0 Å². The fourth-order valence-electron chi connectivity index (χ4n) is 2.75. The van der Waals surface area contributed by atoms with Gasteiger partial charge in [0.1, 0.15) is 0 Å². The molecule has 0 saturated heterocycles. The van der Waals surface area contributed by atoms with Crippen molar-refractivity contribution in [2.24, 2.45) is 0 Å². The summed E-state index contributed by atoms with van der Waals surface area (Å²) in [6, 6.07) is 4.19. The fourth-order valence-corrected chi connectivity index (χ4v) is 2.75. The number of rotatable bonds is 0. The molecule has 2 heterocycles. The molecule has 1 aromatic carbocycles. The van der Waals surface area contributed by atoms with Crippen LogP contribution < -0.4 is 21.1 Å². The molecule has 0 unspecified atom stereocenters. The summed E-state index contributed by atoms with van der Waals surface area (Å²) in [5, 5.41) is 8.64. The molecule has 0 saturated carbocycles. The van der Waals surface area contributed by atoms with E-state index in [9.17, 15) is 4.79 Å². The molecule has 3 heteroatoms. The van der Waals surface area contributed by atoms with Crippen molar-refractivity contribution in [2.45, 2.75) is 6.42 Å². The molecule has 0 radical (unpaired) electrons. The molecule has 0 aromatic heterocycles. The van der Waals surface area contributed by atoms with Crippen LogP contribution in [0.3, 0.4) is 0 Å². The van der Waals surface area contributed by atoms with Crippen LogP contribution in [0.1, 0.15) is 5.56 Å². The van der Waals surface area contributed by atoms with Crippen LogP contribution in [0, 0.1) is 0 Å². The van der Waals surface area contributed by atoms with Gasteiger partial charge in [-0.15, -0.1) is 0 Å². The van der Waals surface area contributed by atoms with Gasteiger partial charge in [0.25, 0.3) is 5.91 Å². The van der Waals surface area contributed by atoms with Crippen LogP contribution in [0.2, 0.25) is 0 Å². The second-order valence-corrected chi connectivity index (χ2v) is 4.74. The lowest BCUT2D eigenvalue weighted by atomic mass is 9.97. The van der Waals surface area contributed by atoms with Gasteiger partial charge in [0.2, 0.25) is 0 Å². The third-order valence-corrected chi connectivity index (χ3v) is 3.69. The number of hydrogen-bond donors (Lipinski definition) is 2. The Hall–Kier alpha value is -2.29. The van der Waals surface area contributed by atoms with Crippen molar-refractivity contribution in [1.82, 2.24) is 5.32 Å². The molecule has 0 fully saturated rings. The summed E-state index contributed by atoms with van der Waals surface area (Å²) in [6.07, 6.45) is 9.31. The van der Waals surface area contributed by atoms with E-state index in [0.29, 0.717) is 6.54 Å². The average molecular weight is 236 g/mol. The van der Waals surface area contributed by atoms with Crippen LogP contribution in [0.4, 0.5) is 5.69 Å². The number of carbonyl (C=O) groups excluding carboxylic acids is 1. The summed E-state index contributed by atoms with van der Waals surface area (Å²) in [6.45, 7) is 0.604. The Morgan fingerprint density at radius 1 is 1.17 bits per heavy atom. The minimum atomic E-state index is 0.0207. The van der Waals surface area contributed by atoms with Crippen molar-refractivity contribution >= 4 is 23.7 Å². The van der Waals surface area contributed by atoms with Gasteiger partial charge in [-0.3, -0.25) is 4.79 Å². The first-order valence-electron chi connectivity index (χ1n) is 6.12. The molecule has 3 aliphatic rings. The third-order valence-electron chi connectivity index (χ3n) is 3.69. The number of benzene rings is 1. The fraction of sp³-hybridized carbons (Fsp3) is 0.133. The molecule has 0 atom stereocenters. The van der Waals surface area contributed by atoms with Gasteiger partial charge in [-0.25, -0.2) is 0 Å². The number of hydrogen-bond acceptors (Lipinski definition) is 2. The average Bonchev–Trinajstić information content (AvgIpc) is 2.78. The van der Waals surface area contributed by atoms with E-state index in [-0.39, 0.29) is 5.91 Å². The van der Waals surface area contributed by atoms with Crippen molar-refractivity contribution in [1.29, 1.82) is 0 Å². The Balaban J connectivity index is 1.99. The second kappa shape index (κ2) is 3.35. The van der Waals surface area contributed by atoms with Gasteiger partial charge >= 0.3 is 0 Å². The number of anilines is 1. The molecule has 88 valence electrons. The van der Waals surface area contributed by atoms with E-state index in [1.54, 1.807) is 0 Å². The molecule has 1 aromatic rings. The second-order valence-electron chi connectivity index (χ2n) is 4.74. The van der Waals surface area contributed by atoms with E-state index in [4.69, 9.17) is 0 Å². The summed E-state index contributed by atoms with van der Waals surface area (Å²) in [7, 11) is 0. The zero-order valence-electron chi connectivity index (χ0n) is 9.79. The van der Waals surface area contributed by atoms with Crippen LogP contribution in [-0.2, 0) is 11.2 Å². The molecule has 4 rings (SSSR count). The van der Waals surface area contributed by atoms with Gasteiger partial charge < -0.3 is 10.6 Å². The van der Waals surface area contributed by atoms with Gasteiger partial charge in [-0.1, -0.05) is 30.4 Å². The van der Waals surface area contributed by atoms with Gasteiger partial charge in [-0.2, -0.15) is 0 Å². The monoisotopic (exact) mass is 236 g/mol. The Kier molecular flexibility index (Phi) is 1.81. The maximum absolute atomic E-state index is 11.6. The predicted octanol–water partition coefficient (Wildman–Crippen LogP) is 0.169. The van der Waals surface area contributed by atoms with Crippen molar-refractivity contribution in [2.75, 3.05) is 11.9 Å². The minimum Gasteiger partial charge on any atom is -0.356 e. The van der Waals surface area contributed by atoms with Crippen LogP contribution >= 0.6 is 0 Å². The van der Waals surface area contributed by atoms with Crippen molar-refractivity contribution in [3.05, 3.63) is 51.6 Å². The number of carbonyl (C=O) groups is 1. The normalized spacial score (nSPS) is 19.0. The van der Waals surface area contributed by atoms with E-state index in [1.807, 2.05) is 6.08 Å². The van der Waals surface area contributed by atoms with Crippen molar-refractivity contribution in [3.8, 4) is 0 Å². The number of allylic oxidation sites excluding steroid dienone is 2. The number of amides is 1. The van der Waals surface area contributed by atoms with Crippen LogP contribution in [-0.4, -0.2) is 12.5 Å². The molecule has 2 aliphatic heterocycles. The lowest BCUT2D eigenvalue weighted by molar-refractivity contribution is -0.116. The molecule has 3 nitrogen and oxygen atoms in total. The summed E-state index contributed by atoms with van der Waals surface area (Å²) in [5.74, 6) is 0.0207. The van der Waals surface area contributed by atoms with E-state index in [1.165, 1.54) is 10.8 Å². The van der Waals surface area contributed by atoms with E-state index in [2.05, 4.69) is 41.0 Å². The Morgan fingerprint density at radius 3 is 3.00 bits per heavy atom. The maximum atomic E-state index is 11.6. The molecular weight excluding hydrogens is 224 g/mol. The molecule has 18 heavy (non-hydrogen) atoms. The zero-order chi connectivity index (χ0) is 12.1. The van der Waals surface area contributed by atoms with E-state index < -0.39 is 0 Å². The van der Waals surface area contributed by atoms with Gasteiger partial charge in [0.15, 0.2) is 0 Å². The van der Waals surface area contributed by atoms with Crippen LogP contribution in [0.5, 0.6) is 0 Å². The third kappa shape index (κ3) is 1.21. The van der Waals surface area contributed by atoms with Crippen LogP contribution in [0.25, 0.3) is 12.2 Å². The Bertz CT molecular complexity index is 753. The Labute approximate surface area is 104 Å². The molecular formula is C15H12N2O. The first-order chi connectivity index (χ1) is 8.83. The molecule has 0 bridgehead atoms. The molecule has 0 spiro atoms. The highest BCUT2D eigenvalue weighted by Gasteiger charge is 2.24. The molecule has 1 amide bonds. The predicted molar refractivity (Wildman–Crippen MR) is 71.1 cm³/mol. The SMILES string of the molecule is O=C1NCC2=C1C=c1ccc3c(c1N2)CC=CC=3. The minimum absolute atomic E-state index is 0.0207. The van der Waals surface area contributed by atoms with Crippen LogP contribution in [0.15, 0.2) is 35.6 Å². The first kappa shape index (κ1) is 9.71. The Morgan fingerprint density at radius 2 is 2.06 bits per heavy atom. The number of fused-ring (bicyclic) bond motifs is 3. The lowest BCUT2D eigenvalue weighted by Crippen LogP contribution is -2.25. The van der Waals surface area contributed by atoms with Gasteiger partial charge in [0.05, 0.1) is 12.1 Å². The highest BCUT2D eigenvalue weighted by atomic mass is 16.1. The largest absolute Gasteiger partial charge is 0.356 e. The summed E-state index contributed by atoms with van der Waals surface area (Å²) >= 11 is 0. The summed E-state index contributed by atoms with van der Waals surface area (Å²) in [5.41, 5.74) is 4.24.